The van der Waals surface area contributed by atoms with E-state index in [1.807, 2.05) is 12.4 Å². The first-order valence-electron chi connectivity index (χ1n) is 7.64. The van der Waals surface area contributed by atoms with Gasteiger partial charge in [-0.3, -0.25) is 4.98 Å². The monoisotopic (exact) mass is 277 g/mol. The van der Waals surface area contributed by atoms with Crippen LogP contribution in [-0.4, -0.2) is 37.8 Å². The first-order valence-corrected chi connectivity index (χ1v) is 7.64. The molecule has 4 heteroatoms. The summed E-state index contributed by atoms with van der Waals surface area (Å²) in [7, 11) is 0. The average molecular weight is 277 g/mol. The van der Waals surface area contributed by atoms with E-state index in [2.05, 4.69) is 42.0 Å². The van der Waals surface area contributed by atoms with Crippen LogP contribution in [0.25, 0.3) is 0 Å². The molecule has 0 bridgehead atoms. The van der Waals surface area contributed by atoms with E-state index in [1.54, 1.807) is 0 Å². The van der Waals surface area contributed by atoms with E-state index < -0.39 is 0 Å². The fourth-order valence-electron chi connectivity index (χ4n) is 2.14. The summed E-state index contributed by atoms with van der Waals surface area (Å²) in [6.45, 7) is 11.6. The van der Waals surface area contributed by atoms with Crippen molar-refractivity contribution in [2.75, 3.05) is 37.7 Å². The zero-order valence-corrected chi connectivity index (χ0v) is 13.0. The van der Waals surface area contributed by atoms with Crippen LogP contribution in [0, 0.1) is 5.41 Å². The summed E-state index contributed by atoms with van der Waals surface area (Å²) >= 11 is 0. The molecule has 2 rings (SSSR count). The number of hydrogen-bond acceptors (Lipinski definition) is 4. The fraction of sp³-hybridized carbons (Fsp3) is 0.688. The molecule has 0 unspecified atom stereocenters. The third kappa shape index (κ3) is 4.37. The number of nitrogens with zero attached hydrogens (tertiary/aromatic N) is 2. The summed E-state index contributed by atoms with van der Waals surface area (Å²) in [5, 5.41) is 3.42. The fourth-order valence-corrected chi connectivity index (χ4v) is 2.14. The smallest absolute Gasteiger partial charge is 0.139 e. The van der Waals surface area contributed by atoms with Crippen molar-refractivity contribution in [1.29, 1.82) is 0 Å². The molecule has 1 aliphatic rings. The molecule has 2 heterocycles. The van der Waals surface area contributed by atoms with Gasteiger partial charge in [-0.15, -0.1) is 0 Å². The van der Waals surface area contributed by atoms with Crippen LogP contribution in [0.3, 0.4) is 0 Å². The van der Waals surface area contributed by atoms with Gasteiger partial charge in [-0.25, -0.2) is 0 Å². The number of nitrogens with one attached hydrogen (secondary N) is 1. The quantitative estimate of drug-likeness (QED) is 0.898. The van der Waals surface area contributed by atoms with Crippen molar-refractivity contribution in [2.45, 2.75) is 33.6 Å². The molecular formula is C16H27N3O. The summed E-state index contributed by atoms with van der Waals surface area (Å²) < 4.78 is 5.92. The van der Waals surface area contributed by atoms with Crippen molar-refractivity contribution in [3.05, 3.63) is 18.5 Å². The Balaban J connectivity index is 2.00. The lowest BCUT2D eigenvalue weighted by atomic mass is 9.92. The SMILES string of the molecule is CCC(C)(C)COc1cncc(N2CCCNCC2)c1. The van der Waals surface area contributed by atoms with Gasteiger partial charge in [0.05, 0.1) is 24.7 Å². The topological polar surface area (TPSA) is 37.4 Å². The Labute approximate surface area is 122 Å². The predicted molar refractivity (Wildman–Crippen MR) is 83.5 cm³/mol. The molecule has 0 spiro atoms. The average Bonchev–Trinajstić information content (AvgIpc) is 2.75. The van der Waals surface area contributed by atoms with E-state index >= 15 is 0 Å². The molecule has 1 saturated heterocycles. The van der Waals surface area contributed by atoms with Crippen molar-refractivity contribution in [3.63, 3.8) is 0 Å². The summed E-state index contributed by atoms with van der Waals surface area (Å²) in [5.41, 5.74) is 1.38. The number of hydrogen-bond donors (Lipinski definition) is 1. The number of aromatic nitrogens is 1. The highest BCUT2D eigenvalue weighted by molar-refractivity contribution is 5.48. The Morgan fingerprint density at radius 2 is 2.15 bits per heavy atom. The molecule has 0 aromatic carbocycles. The minimum Gasteiger partial charge on any atom is -0.491 e. The van der Waals surface area contributed by atoms with Crippen molar-refractivity contribution >= 4 is 5.69 Å². The molecule has 1 aromatic rings. The van der Waals surface area contributed by atoms with E-state index in [0.29, 0.717) is 0 Å². The normalized spacial score (nSPS) is 16.9. The van der Waals surface area contributed by atoms with Crippen molar-refractivity contribution in [1.82, 2.24) is 10.3 Å². The van der Waals surface area contributed by atoms with E-state index in [9.17, 15) is 0 Å². The molecule has 1 aliphatic heterocycles. The molecule has 4 nitrogen and oxygen atoms in total. The summed E-state index contributed by atoms with van der Waals surface area (Å²) in [6, 6.07) is 2.12. The summed E-state index contributed by atoms with van der Waals surface area (Å²) in [5.74, 6) is 0.876. The largest absolute Gasteiger partial charge is 0.491 e. The van der Waals surface area contributed by atoms with Crippen LogP contribution in [0.2, 0.25) is 0 Å². The molecule has 1 aromatic heterocycles. The molecule has 1 fully saturated rings. The maximum absolute atomic E-state index is 5.92. The van der Waals surface area contributed by atoms with E-state index in [1.165, 1.54) is 12.1 Å². The molecule has 112 valence electrons. The third-order valence-corrected chi connectivity index (χ3v) is 3.99. The summed E-state index contributed by atoms with van der Waals surface area (Å²) in [6.07, 6.45) is 6.03. The van der Waals surface area contributed by atoms with E-state index in [0.717, 1.165) is 45.0 Å². The Bertz CT molecular complexity index is 412. The Morgan fingerprint density at radius 1 is 1.30 bits per heavy atom. The maximum atomic E-state index is 5.92. The lowest BCUT2D eigenvalue weighted by molar-refractivity contribution is 0.175. The van der Waals surface area contributed by atoms with Crippen LogP contribution in [0.4, 0.5) is 5.69 Å². The number of ether oxygens (including phenoxy) is 1. The van der Waals surface area contributed by atoms with Crippen LogP contribution in [0.15, 0.2) is 18.5 Å². The molecule has 0 saturated carbocycles. The van der Waals surface area contributed by atoms with Gasteiger partial charge in [-0.2, -0.15) is 0 Å². The molecule has 0 aliphatic carbocycles. The molecule has 0 atom stereocenters. The third-order valence-electron chi connectivity index (χ3n) is 3.99. The minimum atomic E-state index is 0.211. The first-order chi connectivity index (χ1) is 9.61. The number of anilines is 1. The molecule has 0 amide bonds. The first kappa shape index (κ1) is 15.1. The standard InChI is InChI=1S/C16H27N3O/c1-4-16(2,3)13-20-15-10-14(11-18-12-15)19-8-5-6-17-7-9-19/h10-12,17H,4-9,13H2,1-3H3. The Kier molecular flexibility index (Phi) is 5.24. The lowest BCUT2D eigenvalue weighted by Gasteiger charge is -2.24. The number of pyridine rings is 1. The second-order valence-electron chi connectivity index (χ2n) is 6.28. The van der Waals surface area contributed by atoms with E-state index in [4.69, 9.17) is 4.74 Å². The van der Waals surface area contributed by atoms with Crippen LogP contribution >= 0.6 is 0 Å². The van der Waals surface area contributed by atoms with E-state index in [-0.39, 0.29) is 5.41 Å². The van der Waals surface area contributed by atoms with Gasteiger partial charge in [0.25, 0.3) is 0 Å². The van der Waals surface area contributed by atoms with Gasteiger partial charge < -0.3 is 15.0 Å². The van der Waals surface area contributed by atoms with Gasteiger partial charge in [-0.05, 0) is 24.8 Å². The zero-order valence-electron chi connectivity index (χ0n) is 13.0. The molecule has 20 heavy (non-hydrogen) atoms. The minimum absolute atomic E-state index is 0.211. The van der Waals surface area contributed by atoms with Crippen LogP contribution in [0.1, 0.15) is 33.6 Å². The summed E-state index contributed by atoms with van der Waals surface area (Å²) in [4.78, 5) is 6.71. The van der Waals surface area contributed by atoms with Crippen LogP contribution in [-0.2, 0) is 0 Å². The van der Waals surface area contributed by atoms with Gasteiger partial charge in [-0.1, -0.05) is 20.8 Å². The number of rotatable bonds is 5. The van der Waals surface area contributed by atoms with Gasteiger partial charge in [0, 0.05) is 25.7 Å². The molecule has 0 radical (unpaired) electrons. The van der Waals surface area contributed by atoms with Crippen LogP contribution in [0.5, 0.6) is 5.75 Å². The maximum Gasteiger partial charge on any atom is 0.139 e. The van der Waals surface area contributed by atoms with Gasteiger partial charge in [0.2, 0.25) is 0 Å². The van der Waals surface area contributed by atoms with Crippen molar-refractivity contribution < 1.29 is 4.74 Å². The second-order valence-corrected chi connectivity index (χ2v) is 6.28. The lowest BCUT2D eigenvalue weighted by Crippen LogP contribution is -2.28. The predicted octanol–water partition coefficient (Wildman–Crippen LogP) is 2.70. The highest BCUT2D eigenvalue weighted by Crippen LogP contribution is 2.24. The Morgan fingerprint density at radius 3 is 2.95 bits per heavy atom. The molecule has 1 N–H and O–H groups in total. The molecular weight excluding hydrogens is 250 g/mol. The van der Waals surface area contributed by atoms with Crippen molar-refractivity contribution in [2.24, 2.45) is 5.41 Å². The second kappa shape index (κ2) is 6.93. The van der Waals surface area contributed by atoms with Gasteiger partial charge >= 0.3 is 0 Å². The highest BCUT2D eigenvalue weighted by Gasteiger charge is 2.16. The zero-order chi connectivity index (χ0) is 14.4. The van der Waals surface area contributed by atoms with Gasteiger partial charge in [0.1, 0.15) is 5.75 Å². The highest BCUT2D eigenvalue weighted by atomic mass is 16.5. The van der Waals surface area contributed by atoms with Crippen LogP contribution < -0.4 is 15.0 Å². The Hall–Kier alpha value is -1.29. The van der Waals surface area contributed by atoms with Crippen molar-refractivity contribution in [3.8, 4) is 5.75 Å². The van der Waals surface area contributed by atoms with Gasteiger partial charge in [0.15, 0.2) is 0 Å².